The Labute approximate surface area is 303 Å². The van der Waals surface area contributed by atoms with Crippen molar-refractivity contribution in [2.24, 2.45) is 34.5 Å². The summed E-state index contributed by atoms with van der Waals surface area (Å²) >= 11 is 0. The van der Waals surface area contributed by atoms with Crippen LogP contribution in [0.4, 0.5) is 0 Å². The van der Waals surface area contributed by atoms with Crippen LogP contribution in [-0.2, 0) is 33.6 Å². The number of unbranched alkanes of at least 4 members (excludes halogenated alkanes) is 1. The predicted molar refractivity (Wildman–Crippen MR) is 193 cm³/mol. The fraction of sp³-hybridized carbons (Fsp3) is 0.769. The van der Waals surface area contributed by atoms with Crippen molar-refractivity contribution in [2.75, 3.05) is 19.6 Å². The van der Waals surface area contributed by atoms with Crippen molar-refractivity contribution < 1.29 is 33.6 Å². The van der Waals surface area contributed by atoms with E-state index in [9.17, 15) is 33.6 Å². The van der Waals surface area contributed by atoms with Crippen molar-refractivity contribution in [3.8, 4) is 0 Å². The number of hydrogen-bond donors (Lipinski definition) is 3. The number of fused-ring (bicyclic) bond motifs is 1. The maximum atomic E-state index is 14.7. The van der Waals surface area contributed by atoms with Crippen molar-refractivity contribution in [3.05, 3.63) is 12.7 Å². The fourth-order valence-electron chi connectivity index (χ4n) is 8.51. The number of imide groups is 1. The van der Waals surface area contributed by atoms with Crippen LogP contribution in [0.3, 0.4) is 0 Å². The zero-order valence-electron chi connectivity index (χ0n) is 31.7. The standard InChI is InChI=1S/C39H61N5O7/c1-8-10-17-27(34(48)36(50)40-20-9-2)41-35(49)33-31-26(39(31,6)7)23-44(33)37(51)32(24-15-12-11-13-16-24)42-28(45)21-25(38(3,4)5)22-43-29(46)18-14-19-30(43)47/h9,24-27,31-33H,2,8,10-23H2,1,3-7H3,(H,40,50)(H,41,49)(H,42,45)/t25-,26+,27?,31+,32+,33+/m1/s1. The summed E-state index contributed by atoms with van der Waals surface area (Å²) in [6.45, 7) is 16.3. The maximum Gasteiger partial charge on any atom is 0.289 e. The molecule has 0 radical (unpaired) electrons. The Morgan fingerprint density at radius 3 is 2.22 bits per heavy atom. The molecule has 4 fully saturated rings. The number of carbonyl (C=O) groups is 7. The molecule has 0 spiro atoms. The Bertz CT molecular complexity index is 1350. The van der Waals surface area contributed by atoms with Gasteiger partial charge in [0.25, 0.3) is 5.91 Å². The minimum absolute atomic E-state index is 0.0361. The molecule has 0 bridgehead atoms. The Morgan fingerprint density at radius 2 is 1.63 bits per heavy atom. The molecule has 51 heavy (non-hydrogen) atoms. The number of rotatable bonds is 16. The molecule has 2 saturated heterocycles. The largest absolute Gasteiger partial charge is 0.346 e. The lowest BCUT2D eigenvalue weighted by atomic mass is 9.77. The van der Waals surface area contributed by atoms with Crippen LogP contribution in [0.2, 0.25) is 0 Å². The van der Waals surface area contributed by atoms with E-state index in [-0.39, 0.29) is 72.2 Å². The first-order valence-electron chi connectivity index (χ1n) is 19.2. The normalized spacial score (nSPS) is 24.9. The van der Waals surface area contributed by atoms with Gasteiger partial charge in [-0.1, -0.05) is 79.7 Å². The summed E-state index contributed by atoms with van der Waals surface area (Å²) in [5.74, 6) is -3.48. The highest BCUT2D eigenvalue weighted by atomic mass is 16.2. The summed E-state index contributed by atoms with van der Waals surface area (Å²) in [5.41, 5.74) is -0.588. The average molecular weight is 712 g/mol. The lowest BCUT2D eigenvalue weighted by Crippen LogP contribution is -2.59. The van der Waals surface area contributed by atoms with Gasteiger partial charge in [-0.15, -0.1) is 6.58 Å². The van der Waals surface area contributed by atoms with Gasteiger partial charge >= 0.3 is 0 Å². The number of Topliss-reactive ketones (excluding diaryl/α,β-unsaturated/α-hetero) is 1. The summed E-state index contributed by atoms with van der Waals surface area (Å²) in [5, 5.41) is 8.46. The number of ketones is 1. The van der Waals surface area contributed by atoms with Crippen LogP contribution in [0.5, 0.6) is 0 Å². The molecule has 2 aliphatic carbocycles. The van der Waals surface area contributed by atoms with Gasteiger partial charge in [0, 0.05) is 38.9 Å². The third-order valence-electron chi connectivity index (χ3n) is 12.0. The second kappa shape index (κ2) is 16.8. The molecule has 4 aliphatic rings. The van der Waals surface area contributed by atoms with Gasteiger partial charge in [-0.3, -0.25) is 38.5 Å². The summed E-state index contributed by atoms with van der Waals surface area (Å²) in [6, 6.07) is -2.70. The van der Waals surface area contributed by atoms with E-state index in [1.807, 2.05) is 27.7 Å². The molecular formula is C39H61N5O7. The smallest absolute Gasteiger partial charge is 0.289 e. The molecule has 12 heteroatoms. The van der Waals surface area contributed by atoms with Crippen molar-refractivity contribution >= 4 is 41.2 Å². The van der Waals surface area contributed by atoms with Gasteiger partial charge in [-0.05, 0) is 60.2 Å². The van der Waals surface area contributed by atoms with Gasteiger partial charge in [0.15, 0.2) is 0 Å². The molecule has 284 valence electrons. The van der Waals surface area contributed by atoms with Gasteiger partial charge in [0.1, 0.15) is 12.1 Å². The number of nitrogens with zero attached hydrogens (tertiary/aromatic N) is 2. The topological polar surface area (TPSA) is 162 Å². The number of hydrogen-bond acceptors (Lipinski definition) is 7. The van der Waals surface area contributed by atoms with Crippen molar-refractivity contribution in [2.45, 2.75) is 137 Å². The molecule has 0 aromatic heterocycles. The second-order valence-electron chi connectivity index (χ2n) is 16.9. The van der Waals surface area contributed by atoms with Crippen LogP contribution in [0.15, 0.2) is 12.7 Å². The lowest BCUT2D eigenvalue weighted by Gasteiger charge is -2.38. The van der Waals surface area contributed by atoms with Crippen molar-refractivity contribution in [3.63, 3.8) is 0 Å². The van der Waals surface area contributed by atoms with E-state index in [1.54, 1.807) is 4.90 Å². The van der Waals surface area contributed by atoms with Crippen LogP contribution < -0.4 is 16.0 Å². The summed E-state index contributed by atoms with van der Waals surface area (Å²) < 4.78 is 0. The Hall–Kier alpha value is -3.57. The van der Waals surface area contributed by atoms with Gasteiger partial charge in [-0.25, -0.2) is 0 Å². The van der Waals surface area contributed by atoms with Crippen LogP contribution in [-0.4, -0.2) is 88.8 Å². The monoisotopic (exact) mass is 711 g/mol. The first kappa shape index (κ1) is 40.2. The van der Waals surface area contributed by atoms with Crippen LogP contribution in [0.25, 0.3) is 0 Å². The summed E-state index contributed by atoms with van der Waals surface area (Å²) in [4.78, 5) is 96.7. The average Bonchev–Trinajstić information content (AvgIpc) is 3.38. The molecule has 0 aromatic carbocycles. The van der Waals surface area contributed by atoms with E-state index >= 15 is 0 Å². The minimum Gasteiger partial charge on any atom is -0.346 e. The number of likely N-dealkylation sites (tertiary alicyclic amines) is 2. The molecule has 12 nitrogen and oxygen atoms in total. The number of carbonyl (C=O) groups excluding carboxylic acids is 7. The number of amides is 6. The Balaban J connectivity index is 1.55. The van der Waals surface area contributed by atoms with E-state index in [2.05, 4.69) is 36.4 Å². The molecule has 2 aliphatic heterocycles. The maximum absolute atomic E-state index is 14.7. The van der Waals surface area contributed by atoms with Gasteiger partial charge in [0.05, 0.1) is 6.04 Å². The van der Waals surface area contributed by atoms with Gasteiger partial charge in [-0.2, -0.15) is 0 Å². The van der Waals surface area contributed by atoms with E-state index in [1.165, 1.54) is 11.0 Å². The first-order chi connectivity index (χ1) is 24.0. The molecule has 2 saturated carbocycles. The molecular weight excluding hydrogens is 650 g/mol. The highest BCUT2D eigenvalue weighted by Crippen LogP contribution is 2.65. The quantitative estimate of drug-likeness (QED) is 0.125. The third kappa shape index (κ3) is 9.46. The molecule has 3 N–H and O–H groups in total. The Morgan fingerprint density at radius 1 is 0.980 bits per heavy atom. The molecule has 6 amide bonds. The summed E-state index contributed by atoms with van der Waals surface area (Å²) in [6.07, 6.45) is 8.83. The molecule has 2 heterocycles. The zero-order chi connectivity index (χ0) is 37.7. The first-order valence-corrected chi connectivity index (χ1v) is 19.2. The minimum atomic E-state index is -1.03. The highest BCUT2D eigenvalue weighted by Gasteiger charge is 2.69. The van der Waals surface area contributed by atoms with E-state index in [0.717, 1.165) is 38.5 Å². The van der Waals surface area contributed by atoms with Crippen LogP contribution in [0.1, 0.15) is 119 Å². The highest BCUT2D eigenvalue weighted by molar-refractivity contribution is 6.38. The SMILES string of the molecule is C=CCNC(=O)C(=O)C(CCCC)NC(=O)[C@@H]1[C@@H]2[C@H](CN1C(=O)[C@@H](NC(=O)C[C@H](CN1C(=O)CCCC1=O)C(C)(C)C)C1CCCCC1)C2(C)C. The van der Waals surface area contributed by atoms with Gasteiger partial charge < -0.3 is 20.9 Å². The number of piperidine rings is 2. The van der Waals surface area contributed by atoms with Gasteiger partial charge in [0.2, 0.25) is 35.3 Å². The molecule has 1 unspecified atom stereocenters. The third-order valence-corrected chi connectivity index (χ3v) is 12.0. The Kier molecular flexibility index (Phi) is 13.3. The van der Waals surface area contributed by atoms with E-state index in [0.29, 0.717) is 38.6 Å². The second-order valence-corrected chi connectivity index (χ2v) is 16.9. The van der Waals surface area contributed by atoms with Crippen LogP contribution in [0, 0.1) is 34.5 Å². The van der Waals surface area contributed by atoms with E-state index < -0.39 is 41.1 Å². The zero-order valence-corrected chi connectivity index (χ0v) is 31.7. The van der Waals surface area contributed by atoms with E-state index in [4.69, 9.17) is 0 Å². The summed E-state index contributed by atoms with van der Waals surface area (Å²) in [7, 11) is 0. The van der Waals surface area contributed by atoms with Crippen molar-refractivity contribution in [1.82, 2.24) is 25.8 Å². The van der Waals surface area contributed by atoms with Crippen molar-refractivity contribution in [1.29, 1.82) is 0 Å². The predicted octanol–water partition coefficient (Wildman–Crippen LogP) is 3.67. The van der Waals surface area contributed by atoms with Crippen LogP contribution >= 0.6 is 0 Å². The molecule has 6 atom stereocenters. The number of nitrogens with one attached hydrogen (secondary N) is 3. The molecule has 4 rings (SSSR count). The lowest BCUT2D eigenvalue weighted by molar-refractivity contribution is -0.150. The fourth-order valence-corrected chi connectivity index (χ4v) is 8.51. The molecule has 0 aromatic rings.